The van der Waals surface area contributed by atoms with Gasteiger partial charge in [-0.1, -0.05) is 13.2 Å². The second kappa shape index (κ2) is 7.24. The molecule has 2 aliphatic rings. The summed E-state index contributed by atoms with van der Waals surface area (Å²) in [5, 5.41) is 0. The monoisotopic (exact) mass is 318 g/mol. The molecule has 0 N–H and O–H groups in total. The third kappa shape index (κ3) is 3.87. The summed E-state index contributed by atoms with van der Waals surface area (Å²) in [6, 6.07) is 0. The van der Waals surface area contributed by atoms with Gasteiger partial charge >= 0.3 is 0 Å². The van der Waals surface area contributed by atoms with E-state index in [-0.39, 0.29) is 0 Å². The van der Waals surface area contributed by atoms with E-state index >= 15 is 0 Å². The zero-order valence-electron chi connectivity index (χ0n) is 13.9. The Balaban J connectivity index is 2.20. The third-order valence-corrected chi connectivity index (χ3v) is 3.37. The summed E-state index contributed by atoms with van der Waals surface area (Å²) in [4.78, 5) is 0. The van der Waals surface area contributed by atoms with Gasteiger partial charge in [0.2, 0.25) is 12.6 Å². The highest BCUT2D eigenvalue weighted by molar-refractivity contribution is 5.19. The van der Waals surface area contributed by atoms with Gasteiger partial charge < -0.3 is 18.9 Å². The van der Waals surface area contributed by atoms with E-state index in [2.05, 4.69) is 13.2 Å². The van der Waals surface area contributed by atoms with Crippen LogP contribution in [0.1, 0.15) is 27.7 Å². The summed E-state index contributed by atoms with van der Waals surface area (Å²) >= 11 is 0. The summed E-state index contributed by atoms with van der Waals surface area (Å²) in [6.07, 6.45) is 5.07. The molecule has 2 heterocycles. The van der Waals surface area contributed by atoms with Crippen molar-refractivity contribution in [3.8, 4) is 0 Å². The fraction of sp³-hybridized carbons (Fsp3) is 0.333. The molecular weight excluding hydrogens is 296 g/mol. The average Bonchev–Trinajstić information content (AvgIpc) is 2.74. The molecule has 0 aromatic carbocycles. The predicted octanol–water partition coefficient (Wildman–Crippen LogP) is 4.39. The van der Waals surface area contributed by atoms with Crippen LogP contribution < -0.4 is 0 Å². The molecule has 2 aliphatic heterocycles. The lowest BCUT2D eigenvalue weighted by molar-refractivity contribution is -0.189. The van der Waals surface area contributed by atoms with E-state index in [1.54, 1.807) is 38.5 Å². The highest BCUT2D eigenvalue weighted by Crippen LogP contribution is 2.27. The van der Waals surface area contributed by atoms with Crippen LogP contribution in [0.3, 0.4) is 0 Å². The van der Waals surface area contributed by atoms with Crippen molar-refractivity contribution in [2.24, 2.45) is 0 Å². The first kappa shape index (κ1) is 17.0. The molecule has 0 aromatic heterocycles. The largest absolute Gasteiger partial charge is 0.461 e. The molecule has 2 rings (SSSR count). The lowest BCUT2D eigenvalue weighted by Gasteiger charge is -2.25. The molecule has 2 atom stereocenters. The van der Waals surface area contributed by atoms with Crippen molar-refractivity contribution < 1.29 is 23.7 Å². The molecule has 124 valence electrons. The summed E-state index contributed by atoms with van der Waals surface area (Å²) < 4.78 is 28.6. The molecule has 5 nitrogen and oxygen atoms in total. The van der Waals surface area contributed by atoms with E-state index in [9.17, 15) is 0 Å². The highest BCUT2D eigenvalue weighted by Gasteiger charge is 2.27. The van der Waals surface area contributed by atoms with Crippen molar-refractivity contribution >= 4 is 0 Å². The van der Waals surface area contributed by atoms with Crippen molar-refractivity contribution in [1.29, 1.82) is 0 Å². The van der Waals surface area contributed by atoms with Crippen molar-refractivity contribution in [2.75, 3.05) is 0 Å². The Labute approximate surface area is 136 Å². The van der Waals surface area contributed by atoms with Gasteiger partial charge in [0.25, 0.3) is 0 Å². The van der Waals surface area contributed by atoms with Gasteiger partial charge in [0.1, 0.15) is 11.5 Å². The Hall–Kier alpha value is -2.40. The maximum absolute atomic E-state index is 5.97. The Bertz CT molecular complexity index is 567. The van der Waals surface area contributed by atoms with Crippen LogP contribution in [0.4, 0.5) is 0 Å². The third-order valence-electron chi connectivity index (χ3n) is 3.37. The van der Waals surface area contributed by atoms with Crippen LogP contribution in [0.25, 0.3) is 0 Å². The SMILES string of the molecule is C=CC1=C(C)OC(OC2OC(C)=C(C=C)OC=C2C)C(C)=CO1. The number of hydrogen-bond acceptors (Lipinski definition) is 5. The van der Waals surface area contributed by atoms with Crippen molar-refractivity contribution in [1.82, 2.24) is 0 Å². The predicted molar refractivity (Wildman–Crippen MR) is 86.3 cm³/mol. The molecule has 0 saturated heterocycles. The van der Waals surface area contributed by atoms with Crippen molar-refractivity contribution in [3.63, 3.8) is 0 Å². The van der Waals surface area contributed by atoms with Gasteiger partial charge in [0.05, 0.1) is 12.5 Å². The number of hydrogen-bond donors (Lipinski definition) is 0. The van der Waals surface area contributed by atoms with Crippen LogP contribution in [0.15, 0.2) is 72.0 Å². The fourth-order valence-electron chi connectivity index (χ4n) is 1.98. The molecule has 0 spiro atoms. The first-order valence-electron chi connectivity index (χ1n) is 7.28. The molecule has 0 bridgehead atoms. The Kier molecular flexibility index (Phi) is 5.34. The minimum atomic E-state index is -0.640. The van der Waals surface area contributed by atoms with Gasteiger partial charge in [0, 0.05) is 11.1 Å². The summed E-state index contributed by atoms with van der Waals surface area (Å²) in [7, 11) is 0. The van der Waals surface area contributed by atoms with Gasteiger partial charge in [-0.25, -0.2) is 0 Å². The van der Waals surface area contributed by atoms with Crippen LogP contribution >= 0.6 is 0 Å². The van der Waals surface area contributed by atoms with Gasteiger partial charge in [-0.2, -0.15) is 0 Å². The zero-order chi connectivity index (χ0) is 17.0. The first-order chi connectivity index (χ1) is 11.0. The summed E-state index contributed by atoms with van der Waals surface area (Å²) in [6.45, 7) is 14.7. The summed E-state index contributed by atoms with van der Waals surface area (Å²) in [5.41, 5.74) is 1.54. The van der Waals surface area contributed by atoms with E-state index in [0.717, 1.165) is 11.1 Å². The maximum Gasteiger partial charge on any atom is 0.229 e. The molecule has 0 amide bonds. The Morgan fingerprint density at radius 3 is 1.57 bits per heavy atom. The highest BCUT2D eigenvalue weighted by atomic mass is 16.8. The smallest absolute Gasteiger partial charge is 0.229 e. The van der Waals surface area contributed by atoms with E-state index in [0.29, 0.717) is 23.0 Å². The van der Waals surface area contributed by atoms with E-state index in [1.807, 2.05) is 13.8 Å². The van der Waals surface area contributed by atoms with Crippen LogP contribution in [-0.4, -0.2) is 12.6 Å². The normalized spacial score (nSPS) is 24.9. The van der Waals surface area contributed by atoms with Gasteiger partial charge in [-0.05, 0) is 39.8 Å². The van der Waals surface area contributed by atoms with E-state index in [1.165, 1.54) is 0 Å². The second-order valence-corrected chi connectivity index (χ2v) is 5.24. The van der Waals surface area contributed by atoms with Crippen LogP contribution in [-0.2, 0) is 23.7 Å². The van der Waals surface area contributed by atoms with Gasteiger partial charge in [-0.3, -0.25) is 4.74 Å². The standard InChI is InChI=1S/C18H22O5/c1-7-15-13(5)21-17(11(3)9-19-15)23-18-12(4)10-20-16(8-2)14(6)22-18/h7-10,17-18H,1-2H2,3-6H3. The van der Waals surface area contributed by atoms with E-state index in [4.69, 9.17) is 23.7 Å². The molecule has 0 aliphatic carbocycles. The minimum absolute atomic E-state index is 0.554. The molecule has 5 heteroatoms. The number of ether oxygens (including phenoxy) is 5. The second-order valence-electron chi connectivity index (χ2n) is 5.24. The molecular formula is C18H22O5. The molecule has 2 unspecified atom stereocenters. The first-order valence-corrected chi connectivity index (χ1v) is 7.28. The van der Waals surface area contributed by atoms with Crippen LogP contribution in [0.2, 0.25) is 0 Å². The minimum Gasteiger partial charge on any atom is -0.461 e. The van der Waals surface area contributed by atoms with Crippen LogP contribution in [0, 0.1) is 0 Å². The molecule has 23 heavy (non-hydrogen) atoms. The van der Waals surface area contributed by atoms with Crippen molar-refractivity contribution in [3.05, 3.63) is 72.0 Å². The van der Waals surface area contributed by atoms with Crippen molar-refractivity contribution in [2.45, 2.75) is 40.3 Å². The lowest BCUT2D eigenvalue weighted by Crippen LogP contribution is -2.27. The number of rotatable bonds is 4. The molecule has 0 aromatic rings. The number of allylic oxidation sites excluding steroid dienone is 4. The zero-order valence-corrected chi connectivity index (χ0v) is 13.9. The Morgan fingerprint density at radius 1 is 0.826 bits per heavy atom. The molecule has 0 radical (unpaired) electrons. The average molecular weight is 318 g/mol. The summed E-state index contributed by atoms with van der Waals surface area (Å²) in [5.74, 6) is 2.28. The lowest BCUT2D eigenvalue weighted by atomic mass is 10.3. The Morgan fingerprint density at radius 2 is 1.22 bits per heavy atom. The molecule has 0 fully saturated rings. The molecule has 0 saturated carbocycles. The topological polar surface area (TPSA) is 46.2 Å². The van der Waals surface area contributed by atoms with E-state index < -0.39 is 12.6 Å². The van der Waals surface area contributed by atoms with Gasteiger partial charge in [0.15, 0.2) is 11.5 Å². The van der Waals surface area contributed by atoms with Gasteiger partial charge in [-0.15, -0.1) is 0 Å². The van der Waals surface area contributed by atoms with Crippen LogP contribution in [0.5, 0.6) is 0 Å². The fourth-order valence-corrected chi connectivity index (χ4v) is 1.98. The maximum atomic E-state index is 5.97. The quantitative estimate of drug-likeness (QED) is 0.769.